The summed E-state index contributed by atoms with van der Waals surface area (Å²) in [5, 5.41) is 1.07. The lowest BCUT2D eigenvalue weighted by atomic mass is 10.3. The monoisotopic (exact) mass is 281 g/mol. The summed E-state index contributed by atoms with van der Waals surface area (Å²) in [5.41, 5.74) is 0.765. The summed E-state index contributed by atoms with van der Waals surface area (Å²) in [4.78, 5) is 4.19. The molecule has 1 heterocycles. The molecule has 0 N–H and O–H groups in total. The molecule has 0 unspecified atom stereocenters. The van der Waals surface area contributed by atoms with Crippen LogP contribution >= 0.6 is 50.5 Å². The summed E-state index contributed by atoms with van der Waals surface area (Å²) < 4.78 is 1.86. The van der Waals surface area contributed by atoms with E-state index in [1.54, 1.807) is 6.07 Å². The molecule has 0 radical (unpaired) electrons. The molecule has 5 heteroatoms. The van der Waals surface area contributed by atoms with Gasteiger partial charge in [-0.25, -0.2) is 4.98 Å². The highest BCUT2D eigenvalue weighted by Crippen LogP contribution is 2.34. The third-order valence-corrected chi connectivity index (χ3v) is 3.69. The van der Waals surface area contributed by atoms with Crippen molar-refractivity contribution in [3.05, 3.63) is 26.1 Å². The van der Waals surface area contributed by atoms with Crippen LogP contribution in [0.3, 0.4) is 0 Å². The standard InChI is InChI=1S/C7H2BrCl2NS/c8-7-11-6-4(12-7)2-1-3(9)5(6)10/h1-2H. The summed E-state index contributed by atoms with van der Waals surface area (Å²) in [5.74, 6) is 0. The Balaban J connectivity index is 2.89. The first-order chi connectivity index (χ1) is 5.68. The van der Waals surface area contributed by atoms with Gasteiger partial charge in [0.25, 0.3) is 0 Å². The molecule has 0 aliphatic heterocycles. The van der Waals surface area contributed by atoms with E-state index >= 15 is 0 Å². The van der Waals surface area contributed by atoms with Gasteiger partial charge >= 0.3 is 0 Å². The molecule has 1 aromatic heterocycles. The summed E-state index contributed by atoms with van der Waals surface area (Å²) in [6, 6.07) is 3.68. The van der Waals surface area contributed by atoms with E-state index in [4.69, 9.17) is 23.2 Å². The average Bonchev–Trinajstić information content (AvgIpc) is 2.39. The number of aromatic nitrogens is 1. The van der Waals surface area contributed by atoms with E-state index in [9.17, 15) is 0 Å². The first kappa shape index (κ1) is 8.75. The number of hydrogen-bond acceptors (Lipinski definition) is 2. The van der Waals surface area contributed by atoms with Gasteiger partial charge in [0.2, 0.25) is 0 Å². The third-order valence-electron chi connectivity index (χ3n) is 1.43. The van der Waals surface area contributed by atoms with E-state index in [0.29, 0.717) is 10.0 Å². The first-order valence-electron chi connectivity index (χ1n) is 3.08. The van der Waals surface area contributed by atoms with Gasteiger partial charge in [0.1, 0.15) is 5.52 Å². The zero-order valence-electron chi connectivity index (χ0n) is 5.64. The Kier molecular flexibility index (Phi) is 2.29. The van der Waals surface area contributed by atoms with Gasteiger partial charge in [-0.2, -0.15) is 0 Å². The largest absolute Gasteiger partial charge is 0.227 e. The summed E-state index contributed by atoms with van der Waals surface area (Å²) in [7, 11) is 0. The fourth-order valence-corrected chi connectivity index (χ4v) is 2.73. The van der Waals surface area contributed by atoms with Gasteiger partial charge in [0.05, 0.1) is 14.7 Å². The Bertz CT molecular complexity index is 440. The SMILES string of the molecule is Clc1ccc2sc(Br)nc2c1Cl. The minimum atomic E-state index is 0.524. The lowest BCUT2D eigenvalue weighted by molar-refractivity contribution is 1.45. The maximum absolute atomic E-state index is 5.93. The van der Waals surface area contributed by atoms with Gasteiger partial charge in [0.15, 0.2) is 3.92 Å². The second-order valence-electron chi connectivity index (χ2n) is 2.17. The van der Waals surface area contributed by atoms with Crippen molar-refractivity contribution in [1.29, 1.82) is 0 Å². The van der Waals surface area contributed by atoms with Crippen LogP contribution in [0.4, 0.5) is 0 Å². The molecule has 0 fully saturated rings. The van der Waals surface area contributed by atoms with Crippen LogP contribution in [0.5, 0.6) is 0 Å². The lowest BCUT2D eigenvalue weighted by Crippen LogP contribution is -1.71. The predicted molar refractivity (Wildman–Crippen MR) is 57.3 cm³/mol. The molecule has 0 amide bonds. The molecule has 0 bridgehead atoms. The van der Waals surface area contributed by atoms with E-state index in [-0.39, 0.29) is 0 Å². The van der Waals surface area contributed by atoms with Gasteiger partial charge in [-0.1, -0.05) is 23.2 Å². The molecule has 2 rings (SSSR count). The minimum Gasteiger partial charge on any atom is -0.227 e. The Labute approximate surface area is 91.4 Å². The smallest absolute Gasteiger partial charge is 0.160 e. The predicted octanol–water partition coefficient (Wildman–Crippen LogP) is 4.37. The highest BCUT2D eigenvalue weighted by Gasteiger charge is 2.07. The fraction of sp³-hybridized carbons (Fsp3) is 0. The van der Waals surface area contributed by atoms with Crippen LogP contribution in [0.1, 0.15) is 0 Å². The van der Waals surface area contributed by atoms with Gasteiger partial charge in [0, 0.05) is 0 Å². The van der Waals surface area contributed by atoms with E-state index in [0.717, 1.165) is 14.1 Å². The fourth-order valence-electron chi connectivity index (χ4n) is 0.910. The van der Waals surface area contributed by atoms with Gasteiger partial charge in [-0.15, -0.1) is 11.3 Å². The number of thiazole rings is 1. The molecule has 2 aromatic rings. The molecule has 0 aliphatic rings. The molecule has 0 spiro atoms. The molecular weight excluding hydrogens is 281 g/mol. The molecular formula is C7H2BrCl2NS. The minimum absolute atomic E-state index is 0.524. The number of nitrogens with zero attached hydrogens (tertiary/aromatic N) is 1. The average molecular weight is 283 g/mol. The van der Waals surface area contributed by atoms with Crippen molar-refractivity contribution in [2.75, 3.05) is 0 Å². The Morgan fingerprint density at radius 1 is 1.33 bits per heavy atom. The van der Waals surface area contributed by atoms with Crippen LogP contribution in [0.15, 0.2) is 16.0 Å². The summed E-state index contributed by atoms with van der Waals surface area (Å²) in [6.07, 6.45) is 0. The van der Waals surface area contributed by atoms with Crippen LogP contribution in [0.25, 0.3) is 10.2 Å². The van der Waals surface area contributed by atoms with Crippen molar-refractivity contribution >= 4 is 60.7 Å². The maximum Gasteiger partial charge on any atom is 0.160 e. The molecule has 0 saturated heterocycles. The quantitative estimate of drug-likeness (QED) is 0.699. The Hall–Kier alpha value is 0.170. The second kappa shape index (κ2) is 3.14. The third kappa shape index (κ3) is 1.35. The molecule has 12 heavy (non-hydrogen) atoms. The highest BCUT2D eigenvalue weighted by atomic mass is 79.9. The number of benzene rings is 1. The summed E-state index contributed by atoms with van der Waals surface area (Å²) >= 11 is 16.6. The zero-order chi connectivity index (χ0) is 8.72. The van der Waals surface area contributed by atoms with Gasteiger partial charge in [-0.05, 0) is 28.1 Å². The lowest BCUT2D eigenvalue weighted by Gasteiger charge is -1.93. The van der Waals surface area contributed by atoms with Crippen LogP contribution in [-0.2, 0) is 0 Å². The second-order valence-corrected chi connectivity index (χ2v) is 5.27. The van der Waals surface area contributed by atoms with Gasteiger partial charge < -0.3 is 0 Å². The highest BCUT2D eigenvalue weighted by molar-refractivity contribution is 9.11. The number of rotatable bonds is 0. The van der Waals surface area contributed by atoms with E-state index < -0.39 is 0 Å². The van der Waals surface area contributed by atoms with E-state index in [1.165, 1.54) is 11.3 Å². The van der Waals surface area contributed by atoms with Crippen molar-refractivity contribution in [3.63, 3.8) is 0 Å². The van der Waals surface area contributed by atoms with Crippen LogP contribution in [0.2, 0.25) is 10.0 Å². The molecule has 0 saturated carbocycles. The molecule has 62 valence electrons. The molecule has 0 atom stereocenters. The van der Waals surface area contributed by atoms with Crippen LogP contribution in [0, 0.1) is 0 Å². The molecule has 1 aromatic carbocycles. The number of halogens is 3. The topological polar surface area (TPSA) is 12.9 Å². The molecule has 0 aliphatic carbocycles. The first-order valence-corrected chi connectivity index (χ1v) is 5.45. The van der Waals surface area contributed by atoms with Crippen molar-refractivity contribution in [1.82, 2.24) is 4.98 Å². The van der Waals surface area contributed by atoms with Crippen molar-refractivity contribution < 1.29 is 0 Å². The maximum atomic E-state index is 5.93. The van der Waals surface area contributed by atoms with Crippen LogP contribution < -0.4 is 0 Å². The molecule has 1 nitrogen and oxygen atoms in total. The van der Waals surface area contributed by atoms with E-state index in [1.807, 2.05) is 6.07 Å². The van der Waals surface area contributed by atoms with Crippen molar-refractivity contribution in [2.45, 2.75) is 0 Å². The van der Waals surface area contributed by atoms with Crippen molar-refractivity contribution in [3.8, 4) is 0 Å². The van der Waals surface area contributed by atoms with E-state index in [2.05, 4.69) is 20.9 Å². The summed E-state index contributed by atoms with van der Waals surface area (Å²) in [6.45, 7) is 0. The van der Waals surface area contributed by atoms with Crippen molar-refractivity contribution in [2.24, 2.45) is 0 Å². The van der Waals surface area contributed by atoms with Gasteiger partial charge in [-0.3, -0.25) is 0 Å². The van der Waals surface area contributed by atoms with Crippen LogP contribution in [-0.4, -0.2) is 4.98 Å². The number of fused-ring (bicyclic) bond motifs is 1. The Morgan fingerprint density at radius 3 is 2.83 bits per heavy atom. The zero-order valence-corrected chi connectivity index (χ0v) is 9.56. The Morgan fingerprint density at radius 2 is 2.08 bits per heavy atom. The number of hydrogen-bond donors (Lipinski definition) is 0. The normalized spacial score (nSPS) is 10.9.